The van der Waals surface area contributed by atoms with Crippen molar-refractivity contribution in [3.8, 4) is 11.5 Å². The predicted molar refractivity (Wildman–Crippen MR) is 97.4 cm³/mol. The summed E-state index contributed by atoms with van der Waals surface area (Å²) < 4.78 is 10.3. The van der Waals surface area contributed by atoms with Crippen molar-refractivity contribution in [2.75, 3.05) is 7.11 Å². The van der Waals surface area contributed by atoms with Gasteiger partial charge in [0.15, 0.2) is 0 Å². The molecule has 2 aromatic carbocycles. The Balaban J connectivity index is 1.74. The van der Waals surface area contributed by atoms with Crippen LogP contribution in [0.5, 0.6) is 11.5 Å². The third kappa shape index (κ3) is 3.69. The zero-order chi connectivity index (χ0) is 18.7. The van der Waals surface area contributed by atoms with Crippen molar-refractivity contribution in [2.24, 2.45) is 0 Å². The fourth-order valence-corrected chi connectivity index (χ4v) is 2.75. The Morgan fingerprint density at radius 1 is 1.19 bits per heavy atom. The number of carbonyl (C=O) groups excluding carboxylic acids is 1. The van der Waals surface area contributed by atoms with Crippen LogP contribution in [0.4, 0.5) is 0 Å². The van der Waals surface area contributed by atoms with Gasteiger partial charge in [-0.1, -0.05) is 12.1 Å². The summed E-state index contributed by atoms with van der Waals surface area (Å²) in [4.78, 5) is 24.5. The number of benzene rings is 2. The van der Waals surface area contributed by atoms with E-state index in [-0.39, 0.29) is 18.1 Å². The van der Waals surface area contributed by atoms with Crippen molar-refractivity contribution in [1.29, 1.82) is 0 Å². The van der Waals surface area contributed by atoms with E-state index >= 15 is 0 Å². The normalized spacial score (nSPS) is 10.7. The Morgan fingerprint density at radius 3 is 2.62 bits per heavy atom. The van der Waals surface area contributed by atoms with E-state index in [9.17, 15) is 14.7 Å². The molecule has 6 heteroatoms. The van der Waals surface area contributed by atoms with Gasteiger partial charge < -0.3 is 19.6 Å². The summed E-state index contributed by atoms with van der Waals surface area (Å²) in [5, 5.41) is 13.0. The number of aryl methyl sites for hydroxylation is 1. The van der Waals surface area contributed by atoms with E-state index in [4.69, 9.17) is 9.15 Å². The average molecular weight is 353 g/mol. The maximum absolute atomic E-state index is 12.2. The third-order valence-corrected chi connectivity index (χ3v) is 4.26. The quantitative estimate of drug-likeness (QED) is 0.689. The first-order chi connectivity index (χ1) is 12.5. The molecule has 1 heterocycles. The summed E-state index contributed by atoms with van der Waals surface area (Å²) >= 11 is 0. The fraction of sp³-hybridized carbons (Fsp3) is 0.200. The number of methoxy groups -OCH3 is 1. The van der Waals surface area contributed by atoms with E-state index in [1.54, 1.807) is 20.1 Å². The van der Waals surface area contributed by atoms with Crippen LogP contribution in [0.2, 0.25) is 0 Å². The first-order valence-electron chi connectivity index (χ1n) is 8.13. The van der Waals surface area contributed by atoms with Gasteiger partial charge in [0.1, 0.15) is 17.1 Å². The molecule has 0 saturated heterocycles. The molecule has 0 aliphatic heterocycles. The Hall–Kier alpha value is -3.28. The minimum atomic E-state index is -0.569. The second-order valence-corrected chi connectivity index (χ2v) is 5.98. The topological polar surface area (TPSA) is 88.8 Å². The molecular formula is C20H19NO5. The van der Waals surface area contributed by atoms with Gasteiger partial charge in [-0.15, -0.1) is 0 Å². The van der Waals surface area contributed by atoms with Gasteiger partial charge in [-0.3, -0.25) is 4.79 Å². The van der Waals surface area contributed by atoms with Crippen molar-refractivity contribution in [1.82, 2.24) is 5.32 Å². The number of aromatic hydroxyl groups is 1. The second-order valence-electron chi connectivity index (χ2n) is 5.98. The van der Waals surface area contributed by atoms with Crippen molar-refractivity contribution in [3.05, 3.63) is 69.6 Å². The molecule has 0 spiro atoms. The molecule has 6 nitrogen and oxygen atoms in total. The minimum absolute atomic E-state index is 0.0186. The molecule has 0 fully saturated rings. The SMILES string of the molecule is COc1ccc(CNC(=O)Cc2c(C)c3ccc(O)cc3oc2=O)cc1. The fourth-order valence-electron chi connectivity index (χ4n) is 2.75. The first kappa shape index (κ1) is 17.5. The van der Waals surface area contributed by atoms with E-state index in [1.165, 1.54) is 12.1 Å². The summed E-state index contributed by atoms with van der Waals surface area (Å²) in [5.74, 6) is 0.495. The molecule has 0 saturated carbocycles. The molecule has 0 aliphatic rings. The van der Waals surface area contributed by atoms with Crippen LogP contribution in [0.1, 0.15) is 16.7 Å². The number of amides is 1. The number of phenolic OH excluding ortho intramolecular Hbond substituents is 1. The molecule has 26 heavy (non-hydrogen) atoms. The largest absolute Gasteiger partial charge is 0.508 e. The summed E-state index contributed by atoms with van der Waals surface area (Å²) in [6, 6.07) is 11.9. The van der Waals surface area contributed by atoms with Gasteiger partial charge in [-0.25, -0.2) is 4.79 Å². The van der Waals surface area contributed by atoms with Gasteiger partial charge in [-0.2, -0.15) is 0 Å². The molecule has 134 valence electrons. The van der Waals surface area contributed by atoms with Gasteiger partial charge in [0.25, 0.3) is 0 Å². The van der Waals surface area contributed by atoms with Crippen LogP contribution in [-0.2, 0) is 17.8 Å². The standard InChI is InChI=1S/C20H19NO5/c1-12-16-8-5-14(22)9-18(16)26-20(24)17(12)10-19(23)21-11-13-3-6-15(25-2)7-4-13/h3-9,22H,10-11H2,1-2H3,(H,21,23). The summed E-state index contributed by atoms with van der Waals surface area (Å²) in [5.41, 5.74) is 1.65. The number of phenols is 1. The highest BCUT2D eigenvalue weighted by molar-refractivity contribution is 5.85. The van der Waals surface area contributed by atoms with Crippen LogP contribution in [-0.4, -0.2) is 18.1 Å². The Morgan fingerprint density at radius 2 is 1.92 bits per heavy atom. The molecule has 3 rings (SSSR count). The third-order valence-electron chi connectivity index (χ3n) is 4.26. The first-order valence-corrected chi connectivity index (χ1v) is 8.13. The van der Waals surface area contributed by atoms with Crippen LogP contribution in [0.15, 0.2) is 51.7 Å². The maximum atomic E-state index is 12.2. The zero-order valence-corrected chi connectivity index (χ0v) is 14.5. The smallest absolute Gasteiger partial charge is 0.340 e. The molecule has 0 radical (unpaired) electrons. The Kier molecular flexibility index (Phi) is 4.93. The highest BCUT2D eigenvalue weighted by atomic mass is 16.5. The lowest BCUT2D eigenvalue weighted by Crippen LogP contribution is -2.27. The number of hydrogen-bond donors (Lipinski definition) is 2. The van der Waals surface area contributed by atoms with Crippen LogP contribution in [0.3, 0.4) is 0 Å². The van der Waals surface area contributed by atoms with E-state index in [0.717, 1.165) is 11.3 Å². The Labute approximate surface area is 150 Å². The zero-order valence-electron chi connectivity index (χ0n) is 14.5. The molecule has 2 N–H and O–H groups in total. The summed E-state index contributed by atoms with van der Waals surface area (Å²) in [6.07, 6.45) is -0.0683. The average Bonchev–Trinajstić information content (AvgIpc) is 2.63. The number of fused-ring (bicyclic) bond motifs is 1. The molecule has 0 bridgehead atoms. The summed E-state index contributed by atoms with van der Waals surface area (Å²) in [7, 11) is 1.59. The Bertz CT molecular complexity index is 1010. The number of ether oxygens (including phenoxy) is 1. The molecule has 0 atom stereocenters. The number of rotatable bonds is 5. The lowest BCUT2D eigenvalue weighted by Gasteiger charge is -2.09. The van der Waals surface area contributed by atoms with Gasteiger partial charge >= 0.3 is 5.63 Å². The molecular weight excluding hydrogens is 334 g/mol. The molecule has 0 aliphatic carbocycles. The van der Waals surface area contributed by atoms with Gasteiger partial charge in [0.2, 0.25) is 5.91 Å². The van der Waals surface area contributed by atoms with Gasteiger partial charge in [0, 0.05) is 18.0 Å². The lowest BCUT2D eigenvalue weighted by molar-refractivity contribution is -0.120. The van der Waals surface area contributed by atoms with Crippen molar-refractivity contribution in [2.45, 2.75) is 19.9 Å². The number of nitrogens with one attached hydrogen (secondary N) is 1. The maximum Gasteiger partial charge on any atom is 0.340 e. The molecule has 1 aromatic heterocycles. The van der Waals surface area contributed by atoms with Crippen molar-refractivity contribution < 1.29 is 19.1 Å². The van der Waals surface area contributed by atoms with E-state index < -0.39 is 5.63 Å². The van der Waals surface area contributed by atoms with Gasteiger partial charge in [-0.05, 0) is 42.3 Å². The number of hydrogen-bond acceptors (Lipinski definition) is 5. The number of carbonyl (C=O) groups is 1. The summed E-state index contributed by atoms with van der Waals surface area (Å²) in [6.45, 7) is 2.12. The van der Waals surface area contributed by atoms with Gasteiger partial charge in [0.05, 0.1) is 19.1 Å². The highest BCUT2D eigenvalue weighted by Gasteiger charge is 2.15. The monoisotopic (exact) mass is 353 g/mol. The predicted octanol–water partition coefficient (Wildman–Crippen LogP) is 2.67. The second kappa shape index (κ2) is 7.31. The lowest BCUT2D eigenvalue weighted by atomic mass is 10.0. The van der Waals surface area contributed by atoms with Crippen molar-refractivity contribution in [3.63, 3.8) is 0 Å². The molecule has 3 aromatic rings. The van der Waals surface area contributed by atoms with E-state index in [0.29, 0.717) is 28.6 Å². The van der Waals surface area contributed by atoms with Crippen LogP contribution in [0.25, 0.3) is 11.0 Å². The van der Waals surface area contributed by atoms with E-state index in [2.05, 4.69) is 5.32 Å². The van der Waals surface area contributed by atoms with Crippen molar-refractivity contribution >= 4 is 16.9 Å². The minimum Gasteiger partial charge on any atom is -0.508 e. The van der Waals surface area contributed by atoms with E-state index in [1.807, 2.05) is 24.3 Å². The van der Waals surface area contributed by atoms with Crippen LogP contribution in [0, 0.1) is 6.92 Å². The van der Waals surface area contributed by atoms with Crippen LogP contribution < -0.4 is 15.7 Å². The van der Waals surface area contributed by atoms with Crippen LogP contribution >= 0.6 is 0 Å². The molecule has 1 amide bonds. The molecule has 0 unspecified atom stereocenters. The highest BCUT2D eigenvalue weighted by Crippen LogP contribution is 2.23.